The summed E-state index contributed by atoms with van der Waals surface area (Å²) in [7, 11) is 0. The first kappa shape index (κ1) is 13.1. The number of aryl methyl sites for hydroxylation is 1. The molecule has 1 aromatic heterocycles. The quantitative estimate of drug-likeness (QED) is 0.899. The second-order valence-corrected chi connectivity index (χ2v) is 5.37. The highest BCUT2D eigenvalue weighted by molar-refractivity contribution is 5.94. The van der Waals surface area contributed by atoms with Gasteiger partial charge in [0.05, 0.1) is 5.92 Å². The zero-order valence-corrected chi connectivity index (χ0v) is 11.8. The molecule has 1 aliphatic rings. The summed E-state index contributed by atoms with van der Waals surface area (Å²) in [6.45, 7) is 5.75. The zero-order valence-electron chi connectivity index (χ0n) is 11.8. The van der Waals surface area contributed by atoms with Crippen LogP contribution in [0.15, 0.2) is 22.6 Å². The van der Waals surface area contributed by atoms with Gasteiger partial charge in [-0.15, -0.1) is 0 Å². The number of fused-ring (bicyclic) bond motifs is 1. The van der Waals surface area contributed by atoms with Gasteiger partial charge in [0.2, 0.25) is 5.91 Å². The van der Waals surface area contributed by atoms with Gasteiger partial charge in [-0.05, 0) is 30.7 Å². The van der Waals surface area contributed by atoms with Gasteiger partial charge in [0.1, 0.15) is 5.52 Å². The number of carbonyl (C=O) groups excluding carboxylic acids is 1. The largest absolute Gasteiger partial charge is 0.441 e. The maximum Gasteiger partial charge on any atom is 0.229 e. The van der Waals surface area contributed by atoms with Crippen LogP contribution in [0.2, 0.25) is 0 Å². The van der Waals surface area contributed by atoms with Crippen LogP contribution in [0.25, 0.3) is 11.1 Å². The lowest BCUT2D eigenvalue weighted by Crippen LogP contribution is -2.27. The van der Waals surface area contributed by atoms with Crippen molar-refractivity contribution >= 4 is 22.7 Å². The number of aromatic nitrogens is 1. The van der Waals surface area contributed by atoms with Crippen molar-refractivity contribution in [3.05, 3.63) is 24.1 Å². The van der Waals surface area contributed by atoms with Crippen molar-refractivity contribution in [3.63, 3.8) is 0 Å². The number of rotatable bonds is 3. The molecule has 1 saturated heterocycles. The molecule has 2 heterocycles. The van der Waals surface area contributed by atoms with Gasteiger partial charge in [-0.3, -0.25) is 4.79 Å². The standard InChI is InChI=1S/C15H19N3O2/c1-3-14-18-12-6-10(4-5-13(12)20-14)17-15(19)11-8-16-7-9(11)2/h4-6,9,11,16H,3,7-8H2,1-2H3,(H,17,19)/t9-,11-/m1/s1. The topological polar surface area (TPSA) is 67.2 Å². The lowest BCUT2D eigenvalue weighted by atomic mass is 9.97. The molecule has 0 unspecified atom stereocenters. The number of anilines is 1. The maximum atomic E-state index is 12.2. The number of carbonyl (C=O) groups is 1. The first-order chi connectivity index (χ1) is 9.67. The van der Waals surface area contributed by atoms with Gasteiger partial charge in [-0.1, -0.05) is 13.8 Å². The fraction of sp³-hybridized carbons (Fsp3) is 0.467. The molecule has 1 aromatic carbocycles. The number of benzene rings is 1. The Morgan fingerprint density at radius 3 is 3.05 bits per heavy atom. The van der Waals surface area contributed by atoms with E-state index >= 15 is 0 Å². The molecule has 0 radical (unpaired) electrons. The molecule has 0 saturated carbocycles. The predicted octanol–water partition coefficient (Wildman–Crippen LogP) is 2.18. The summed E-state index contributed by atoms with van der Waals surface area (Å²) >= 11 is 0. The van der Waals surface area contributed by atoms with E-state index in [0.29, 0.717) is 5.92 Å². The van der Waals surface area contributed by atoms with Gasteiger partial charge >= 0.3 is 0 Å². The Hall–Kier alpha value is -1.88. The van der Waals surface area contributed by atoms with Crippen molar-refractivity contribution in [1.29, 1.82) is 0 Å². The number of hydrogen-bond donors (Lipinski definition) is 2. The van der Waals surface area contributed by atoms with Crippen molar-refractivity contribution < 1.29 is 9.21 Å². The van der Waals surface area contributed by atoms with E-state index in [9.17, 15) is 4.79 Å². The summed E-state index contributed by atoms with van der Waals surface area (Å²) in [5.41, 5.74) is 2.32. The van der Waals surface area contributed by atoms with E-state index in [1.54, 1.807) is 0 Å². The van der Waals surface area contributed by atoms with Gasteiger partial charge < -0.3 is 15.1 Å². The maximum absolute atomic E-state index is 12.2. The zero-order chi connectivity index (χ0) is 14.1. The fourth-order valence-corrected chi connectivity index (χ4v) is 2.60. The molecular formula is C15H19N3O2. The van der Waals surface area contributed by atoms with Gasteiger partial charge in [0.15, 0.2) is 11.5 Å². The summed E-state index contributed by atoms with van der Waals surface area (Å²) in [4.78, 5) is 16.6. The normalized spacial score (nSPS) is 22.3. The minimum atomic E-state index is 0.0363. The monoisotopic (exact) mass is 273 g/mol. The molecule has 0 spiro atoms. The average molecular weight is 273 g/mol. The van der Waals surface area contributed by atoms with E-state index < -0.39 is 0 Å². The van der Waals surface area contributed by atoms with Crippen molar-refractivity contribution in [2.75, 3.05) is 18.4 Å². The molecule has 1 fully saturated rings. The highest BCUT2D eigenvalue weighted by atomic mass is 16.3. The van der Waals surface area contributed by atoms with E-state index in [-0.39, 0.29) is 11.8 Å². The summed E-state index contributed by atoms with van der Waals surface area (Å²) in [6, 6.07) is 5.58. The predicted molar refractivity (Wildman–Crippen MR) is 77.5 cm³/mol. The summed E-state index contributed by atoms with van der Waals surface area (Å²) < 4.78 is 5.56. The third-order valence-electron chi connectivity index (χ3n) is 3.86. The Labute approximate surface area is 117 Å². The Morgan fingerprint density at radius 2 is 2.35 bits per heavy atom. The minimum absolute atomic E-state index is 0.0363. The molecule has 0 bridgehead atoms. The molecule has 5 heteroatoms. The molecule has 5 nitrogen and oxygen atoms in total. The Bertz CT molecular complexity index is 635. The lowest BCUT2D eigenvalue weighted by molar-refractivity contribution is -0.120. The SMILES string of the molecule is CCc1nc2cc(NC(=O)[C@@H]3CNC[C@H]3C)ccc2o1. The molecule has 20 heavy (non-hydrogen) atoms. The average Bonchev–Trinajstić information content (AvgIpc) is 3.03. The van der Waals surface area contributed by atoms with Crippen LogP contribution >= 0.6 is 0 Å². The Balaban J connectivity index is 1.78. The molecule has 2 atom stereocenters. The fourth-order valence-electron chi connectivity index (χ4n) is 2.60. The highest BCUT2D eigenvalue weighted by Crippen LogP contribution is 2.22. The second-order valence-electron chi connectivity index (χ2n) is 5.37. The smallest absolute Gasteiger partial charge is 0.229 e. The molecule has 2 aromatic rings. The Kier molecular flexibility index (Phi) is 3.44. The van der Waals surface area contributed by atoms with Crippen LogP contribution in [-0.4, -0.2) is 24.0 Å². The third kappa shape index (κ3) is 2.41. The molecular weight excluding hydrogens is 254 g/mol. The molecule has 106 valence electrons. The summed E-state index contributed by atoms with van der Waals surface area (Å²) in [6.07, 6.45) is 0.766. The number of nitrogens with zero attached hydrogens (tertiary/aromatic N) is 1. The van der Waals surface area contributed by atoms with E-state index in [2.05, 4.69) is 22.5 Å². The third-order valence-corrected chi connectivity index (χ3v) is 3.86. The van der Waals surface area contributed by atoms with Gasteiger partial charge in [0, 0.05) is 18.7 Å². The van der Waals surface area contributed by atoms with Crippen LogP contribution in [0.5, 0.6) is 0 Å². The molecule has 2 N–H and O–H groups in total. The lowest BCUT2D eigenvalue weighted by Gasteiger charge is -2.14. The van der Waals surface area contributed by atoms with E-state index in [4.69, 9.17) is 4.42 Å². The van der Waals surface area contributed by atoms with Gasteiger partial charge in [0.25, 0.3) is 0 Å². The molecule has 1 amide bonds. The minimum Gasteiger partial charge on any atom is -0.441 e. The van der Waals surface area contributed by atoms with Crippen LogP contribution in [0.4, 0.5) is 5.69 Å². The molecule has 0 aliphatic carbocycles. The van der Waals surface area contributed by atoms with E-state index in [1.807, 2.05) is 25.1 Å². The van der Waals surface area contributed by atoms with Crippen molar-refractivity contribution in [2.45, 2.75) is 20.3 Å². The van der Waals surface area contributed by atoms with Crippen LogP contribution in [0, 0.1) is 11.8 Å². The van der Waals surface area contributed by atoms with E-state index in [1.165, 1.54) is 0 Å². The number of amides is 1. The van der Waals surface area contributed by atoms with Crippen molar-refractivity contribution in [3.8, 4) is 0 Å². The van der Waals surface area contributed by atoms with E-state index in [0.717, 1.165) is 42.2 Å². The number of hydrogen-bond acceptors (Lipinski definition) is 4. The first-order valence-electron chi connectivity index (χ1n) is 7.08. The highest BCUT2D eigenvalue weighted by Gasteiger charge is 2.29. The molecule has 1 aliphatic heterocycles. The van der Waals surface area contributed by atoms with Crippen LogP contribution in [-0.2, 0) is 11.2 Å². The number of oxazole rings is 1. The van der Waals surface area contributed by atoms with Crippen molar-refractivity contribution in [1.82, 2.24) is 10.3 Å². The number of nitrogens with one attached hydrogen (secondary N) is 2. The van der Waals surface area contributed by atoms with Crippen LogP contribution < -0.4 is 10.6 Å². The summed E-state index contributed by atoms with van der Waals surface area (Å²) in [5.74, 6) is 1.20. The second kappa shape index (κ2) is 5.25. The summed E-state index contributed by atoms with van der Waals surface area (Å²) in [5, 5.41) is 6.21. The Morgan fingerprint density at radius 1 is 1.50 bits per heavy atom. The van der Waals surface area contributed by atoms with Gasteiger partial charge in [-0.25, -0.2) is 4.98 Å². The first-order valence-corrected chi connectivity index (χ1v) is 7.08. The van der Waals surface area contributed by atoms with Crippen molar-refractivity contribution in [2.24, 2.45) is 11.8 Å². The molecule has 3 rings (SSSR count). The van der Waals surface area contributed by atoms with Gasteiger partial charge in [-0.2, -0.15) is 0 Å². The van der Waals surface area contributed by atoms with Crippen LogP contribution in [0.3, 0.4) is 0 Å². The van der Waals surface area contributed by atoms with Crippen LogP contribution in [0.1, 0.15) is 19.7 Å².